The van der Waals surface area contributed by atoms with E-state index in [1.807, 2.05) is 24.3 Å². The van der Waals surface area contributed by atoms with Gasteiger partial charge >= 0.3 is 0 Å². The molecule has 122 valence electrons. The first-order valence-electron chi connectivity index (χ1n) is 8.32. The van der Waals surface area contributed by atoms with Crippen molar-refractivity contribution in [2.45, 2.75) is 19.3 Å². The zero-order valence-electron chi connectivity index (χ0n) is 13.6. The summed E-state index contributed by atoms with van der Waals surface area (Å²) in [7, 11) is 0. The Hall–Kier alpha value is -3.19. The highest BCUT2D eigenvalue weighted by atomic mass is 16.4. The van der Waals surface area contributed by atoms with Gasteiger partial charge in [0.2, 0.25) is 11.5 Å². The number of hydrogen-bond donors (Lipinski definition) is 0. The maximum atomic E-state index is 12.6. The number of aromatic nitrogens is 1. The van der Waals surface area contributed by atoms with Crippen LogP contribution in [0.2, 0.25) is 0 Å². The standard InChI is InChI=1S/C21H16N2O2/c22-12-19-13-23-21(25-19)20(24)18-9-8-16-10-15(6-7-17(16)11-18)14-4-2-1-3-5-14/h1-7,10,13,18H,8-9,11H2/t18-/m1/s1. The van der Waals surface area contributed by atoms with Crippen molar-refractivity contribution in [3.63, 3.8) is 0 Å². The highest BCUT2D eigenvalue weighted by Crippen LogP contribution is 2.31. The third-order valence-electron chi connectivity index (χ3n) is 4.74. The Morgan fingerprint density at radius 3 is 2.72 bits per heavy atom. The van der Waals surface area contributed by atoms with Gasteiger partial charge in [0.25, 0.3) is 5.89 Å². The lowest BCUT2D eigenvalue weighted by Gasteiger charge is -2.23. The van der Waals surface area contributed by atoms with Crippen molar-refractivity contribution < 1.29 is 9.21 Å². The van der Waals surface area contributed by atoms with E-state index in [0.717, 1.165) is 12.8 Å². The summed E-state index contributed by atoms with van der Waals surface area (Å²) in [6, 6.07) is 18.6. The van der Waals surface area contributed by atoms with E-state index in [-0.39, 0.29) is 23.4 Å². The van der Waals surface area contributed by atoms with Crippen molar-refractivity contribution in [3.8, 4) is 17.2 Å². The lowest BCUT2D eigenvalue weighted by atomic mass is 9.80. The van der Waals surface area contributed by atoms with Crippen LogP contribution in [-0.4, -0.2) is 10.8 Å². The van der Waals surface area contributed by atoms with Crippen molar-refractivity contribution in [3.05, 3.63) is 77.5 Å². The van der Waals surface area contributed by atoms with Crippen LogP contribution >= 0.6 is 0 Å². The SMILES string of the molecule is N#Cc1cnc(C(=O)[C@@H]2CCc3cc(-c4ccccc4)ccc3C2)o1. The van der Waals surface area contributed by atoms with Crippen LogP contribution in [0, 0.1) is 17.2 Å². The zero-order chi connectivity index (χ0) is 17.2. The van der Waals surface area contributed by atoms with E-state index in [2.05, 4.69) is 35.3 Å². The average Bonchev–Trinajstić information content (AvgIpc) is 3.16. The van der Waals surface area contributed by atoms with Gasteiger partial charge in [-0.3, -0.25) is 4.79 Å². The number of benzene rings is 2. The Morgan fingerprint density at radius 2 is 1.96 bits per heavy atom. The smallest absolute Gasteiger partial charge is 0.264 e. The number of fused-ring (bicyclic) bond motifs is 1. The van der Waals surface area contributed by atoms with Crippen molar-refractivity contribution in [1.29, 1.82) is 5.26 Å². The Bertz CT molecular complexity index is 967. The molecule has 0 spiro atoms. The summed E-state index contributed by atoms with van der Waals surface area (Å²) in [5.41, 5.74) is 4.91. The van der Waals surface area contributed by atoms with Crippen LogP contribution in [0.5, 0.6) is 0 Å². The van der Waals surface area contributed by atoms with Crippen LogP contribution in [0.1, 0.15) is 34.0 Å². The van der Waals surface area contributed by atoms with Crippen LogP contribution in [-0.2, 0) is 12.8 Å². The molecular formula is C21H16N2O2. The summed E-state index contributed by atoms with van der Waals surface area (Å²) in [5.74, 6) is -0.127. The number of carbonyl (C=O) groups is 1. The molecule has 0 amide bonds. The molecule has 2 aromatic carbocycles. The van der Waals surface area contributed by atoms with Gasteiger partial charge in [-0.25, -0.2) is 4.98 Å². The zero-order valence-corrected chi connectivity index (χ0v) is 13.6. The molecular weight excluding hydrogens is 312 g/mol. The minimum atomic E-state index is -0.139. The van der Waals surface area contributed by atoms with Crippen LogP contribution in [0.25, 0.3) is 11.1 Å². The second-order valence-corrected chi connectivity index (χ2v) is 6.29. The molecule has 0 saturated heterocycles. The molecule has 1 heterocycles. The van der Waals surface area contributed by atoms with Crippen molar-refractivity contribution in [1.82, 2.24) is 4.98 Å². The van der Waals surface area contributed by atoms with Crippen LogP contribution < -0.4 is 0 Å². The Kier molecular flexibility index (Phi) is 3.91. The maximum Gasteiger partial charge on any atom is 0.264 e. The Morgan fingerprint density at radius 1 is 1.12 bits per heavy atom. The number of carbonyl (C=O) groups excluding carboxylic acids is 1. The number of nitrogens with zero attached hydrogens (tertiary/aromatic N) is 2. The molecule has 0 aliphatic heterocycles. The van der Waals surface area contributed by atoms with Gasteiger partial charge in [0, 0.05) is 5.92 Å². The molecule has 4 heteroatoms. The summed E-state index contributed by atoms with van der Waals surface area (Å²) in [6.07, 6.45) is 3.62. The van der Waals surface area contributed by atoms with Gasteiger partial charge in [-0.1, -0.05) is 48.5 Å². The highest BCUT2D eigenvalue weighted by Gasteiger charge is 2.28. The molecule has 4 rings (SSSR count). The van der Waals surface area contributed by atoms with Gasteiger partial charge in [0.15, 0.2) is 0 Å². The summed E-state index contributed by atoms with van der Waals surface area (Å²) in [5, 5.41) is 8.80. The number of oxazole rings is 1. The van der Waals surface area contributed by atoms with E-state index >= 15 is 0 Å². The largest absolute Gasteiger partial charge is 0.423 e. The Labute approximate surface area is 145 Å². The monoisotopic (exact) mass is 328 g/mol. The average molecular weight is 328 g/mol. The molecule has 1 atom stereocenters. The van der Waals surface area contributed by atoms with Crippen LogP contribution in [0.15, 0.2) is 59.1 Å². The molecule has 0 radical (unpaired) electrons. The first kappa shape index (κ1) is 15.3. The molecule has 0 bridgehead atoms. The second kappa shape index (κ2) is 6.37. The molecule has 0 saturated carbocycles. The van der Waals surface area contributed by atoms with Gasteiger partial charge in [-0.2, -0.15) is 5.26 Å². The predicted molar refractivity (Wildman–Crippen MR) is 92.9 cm³/mol. The van der Waals surface area contributed by atoms with Crippen molar-refractivity contribution in [2.24, 2.45) is 5.92 Å². The quantitative estimate of drug-likeness (QED) is 0.676. The lowest BCUT2D eigenvalue weighted by Crippen LogP contribution is -2.23. The lowest BCUT2D eigenvalue weighted by molar-refractivity contribution is 0.0872. The van der Waals surface area contributed by atoms with E-state index < -0.39 is 0 Å². The topological polar surface area (TPSA) is 66.9 Å². The van der Waals surface area contributed by atoms with Crippen molar-refractivity contribution in [2.75, 3.05) is 0 Å². The van der Waals surface area contributed by atoms with Gasteiger partial charge in [0.1, 0.15) is 6.07 Å². The molecule has 0 unspecified atom stereocenters. The number of aryl methyl sites for hydroxylation is 1. The molecule has 1 aliphatic rings. The Balaban J connectivity index is 1.56. The van der Waals surface area contributed by atoms with Gasteiger partial charge in [-0.05, 0) is 41.5 Å². The fourth-order valence-electron chi connectivity index (χ4n) is 3.40. The summed E-state index contributed by atoms with van der Waals surface area (Å²) < 4.78 is 5.19. The molecule has 0 fully saturated rings. The molecule has 25 heavy (non-hydrogen) atoms. The molecule has 1 aromatic heterocycles. The summed E-state index contributed by atoms with van der Waals surface area (Å²) in [6.45, 7) is 0. The molecule has 0 N–H and O–H groups in total. The van der Waals surface area contributed by atoms with Crippen molar-refractivity contribution >= 4 is 5.78 Å². The first-order valence-corrected chi connectivity index (χ1v) is 8.32. The van der Waals surface area contributed by atoms with E-state index in [1.165, 1.54) is 28.5 Å². The summed E-state index contributed by atoms with van der Waals surface area (Å²) >= 11 is 0. The first-order chi connectivity index (χ1) is 12.2. The third-order valence-corrected chi connectivity index (χ3v) is 4.74. The van der Waals surface area contributed by atoms with E-state index in [0.29, 0.717) is 6.42 Å². The fraction of sp³-hybridized carbons (Fsp3) is 0.190. The van der Waals surface area contributed by atoms with Gasteiger partial charge in [-0.15, -0.1) is 0 Å². The second-order valence-electron chi connectivity index (χ2n) is 6.29. The number of hydrogen-bond acceptors (Lipinski definition) is 4. The normalized spacial score (nSPS) is 16.0. The number of nitriles is 1. The van der Waals surface area contributed by atoms with Gasteiger partial charge in [0.05, 0.1) is 6.20 Å². The van der Waals surface area contributed by atoms with E-state index in [9.17, 15) is 4.79 Å². The number of Topliss-reactive ketones (excluding diaryl/α,β-unsaturated/α-hetero) is 1. The fourth-order valence-corrected chi connectivity index (χ4v) is 3.40. The number of rotatable bonds is 3. The van der Waals surface area contributed by atoms with Crippen LogP contribution in [0.3, 0.4) is 0 Å². The minimum Gasteiger partial charge on any atom is -0.423 e. The molecule has 4 nitrogen and oxygen atoms in total. The number of ketones is 1. The molecule has 1 aliphatic carbocycles. The van der Waals surface area contributed by atoms with E-state index in [1.54, 1.807) is 0 Å². The van der Waals surface area contributed by atoms with E-state index in [4.69, 9.17) is 9.68 Å². The summed E-state index contributed by atoms with van der Waals surface area (Å²) in [4.78, 5) is 16.5. The maximum absolute atomic E-state index is 12.6. The predicted octanol–water partition coefficient (Wildman–Crippen LogP) is 4.20. The third kappa shape index (κ3) is 2.97. The highest BCUT2D eigenvalue weighted by molar-refractivity contribution is 5.94. The molecule has 3 aromatic rings. The van der Waals surface area contributed by atoms with Gasteiger partial charge < -0.3 is 4.42 Å². The van der Waals surface area contributed by atoms with Crippen LogP contribution in [0.4, 0.5) is 0 Å². The minimum absolute atomic E-state index is 0.0471.